The lowest BCUT2D eigenvalue weighted by molar-refractivity contribution is 0.638. The first kappa shape index (κ1) is 13.6. The third-order valence-electron chi connectivity index (χ3n) is 2.83. The van der Waals surface area contributed by atoms with E-state index in [1.54, 1.807) is 11.3 Å². The first-order chi connectivity index (χ1) is 8.79. The van der Waals surface area contributed by atoms with Crippen molar-refractivity contribution in [3.05, 3.63) is 28.5 Å². The molecule has 2 heterocycles. The molecule has 0 spiro atoms. The van der Waals surface area contributed by atoms with E-state index in [1.165, 1.54) is 12.8 Å². The summed E-state index contributed by atoms with van der Waals surface area (Å²) in [7, 11) is 0. The van der Waals surface area contributed by atoms with Crippen molar-refractivity contribution in [3.63, 3.8) is 0 Å². The quantitative estimate of drug-likeness (QED) is 0.758. The molecule has 0 unspecified atom stereocenters. The Morgan fingerprint density at radius 3 is 2.78 bits per heavy atom. The van der Waals surface area contributed by atoms with E-state index < -0.39 is 0 Å². The molecule has 5 heteroatoms. The number of rotatable bonds is 7. The maximum atomic E-state index is 5.92. The predicted molar refractivity (Wildman–Crippen MR) is 78.1 cm³/mol. The number of imidazole rings is 1. The van der Waals surface area contributed by atoms with E-state index in [4.69, 9.17) is 17.3 Å². The molecule has 0 aliphatic heterocycles. The number of nitrogens with zero attached hydrogens (tertiary/aromatic N) is 1. The topological polar surface area (TPSA) is 54.7 Å². The molecule has 2 aromatic rings. The Hall–Kier alpha value is -0.840. The van der Waals surface area contributed by atoms with Gasteiger partial charge in [-0.05, 0) is 31.5 Å². The van der Waals surface area contributed by atoms with Crippen LogP contribution in [0.15, 0.2) is 18.3 Å². The van der Waals surface area contributed by atoms with Crippen LogP contribution in [0.1, 0.15) is 31.5 Å². The van der Waals surface area contributed by atoms with E-state index in [2.05, 4.69) is 9.97 Å². The summed E-state index contributed by atoms with van der Waals surface area (Å²) in [6, 6.07) is 3.93. The third kappa shape index (κ3) is 3.83. The summed E-state index contributed by atoms with van der Waals surface area (Å²) in [6.07, 6.45) is 7.61. The molecule has 0 amide bonds. The molecule has 0 aliphatic carbocycles. The Balaban J connectivity index is 1.83. The number of aromatic nitrogens is 2. The van der Waals surface area contributed by atoms with Gasteiger partial charge in [-0.3, -0.25) is 0 Å². The lowest BCUT2D eigenvalue weighted by atomic mass is 10.1. The molecule has 0 fully saturated rings. The Morgan fingerprint density at radius 2 is 2.06 bits per heavy atom. The number of unbranched alkanes of at least 4 members (excludes halogenated alkanes) is 3. The number of thiophene rings is 1. The van der Waals surface area contributed by atoms with Crippen molar-refractivity contribution in [2.75, 3.05) is 6.54 Å². The number of hydrogen-bond acceptors (Lipinski definition) is 3. The lowest BCUT2D eigenvalue weighted by Gasteiger charge is -1.98. The highest BCUT2D eigenvalue weighted by atomic mass is 35.5. The summed E-state index contributed by atoms with van der Waals surface area (Å²) >= 11 is 7.49. The zero-order chi connectivity index (χ0) is 12.8. The molecule has 0 radical (unpaired) electrons. The van der Waals surface area contributed by atoms with Crippen LogP contribution in [-0.2, 0) is 6.42 Å². The first-order valence-electron chi connectivity index (χ1n) is 6.29. The molecule has 3 nitrogen and oxygen atoms in total. The molecule has 98 valence electrons. The van der Waals surface area contributed by atoms with Crippen LogP contribution in [0.5, 0.6) is 0 Å². The van der Waals surface area contributed by atoms with Gasteiger partial charge in [-0.15, -0.1) is 11.3 Å². The Kier molecular flexibility index (Phi) is 5.23. The second-order valence-electron chi connectivity index (χ2n) is 4.30. The maximum Gasteiger partial charge on any atom is 0.106 e. The predicted octanol–water partition coefficient (Wildman–Crippen LogP) is 3.85. The summed E-state index contributed by atoms with van der Waals surface area (Å²) in [5.41, 5.74) is 6.52. The van der Waals surface area contributed by atoms with E-state index in [-0.39, 0.29) is 0 Å². The number of nitrogens with two attached hydrogens (primary N) is 1. The second-order valence-corrected chi connectivity index (χ2v) is 6.02. The van der Waals surface area contributed by atoms with Crippen molar-refractivity contribution in [1.29, 1.82) is 0 Å². The average Bonchev–Trinajstić information content (AvgIpc) is 2.97. The van der Waals surface area contributed by atoms with Crippen molar-refractivity contribution in [1.82, 2.24) is 9.97 Å². The molecule has 0 saturated heterocycles. The van der Waals surface area contributed by atoms with Gasteiger partial charge in [0.05, 0.1) is 21.1 Å². The third-order valence-corrected chi connectivity index (χ3v) is 4.10. The van der Waals surface area contributed by atoms with Crippen molar-refractivity contribution < 1.29 is 0 Å². The Morgan fingerprint density at radius 1 is 1.22 bits per heavy atom. The molecular weight excluding hydrogens is 266 g/mol. The first-order valence-corrected chi connectivity index (χ1v) is 7.48. The summed E-state index contributed by atoms with van der Waals surface area (Å²) in [4.78, 5) is 8.89. The van der Waals surface area contributed by atoms with Gasteiger partial charge in [0.1, 0.15) is 5.82 Å². The van der Waals surface area contributed by atoms with Gasteiger partial charge < -0.3 is 10.7 Å². The van der Waals surface area contributed by atoms with E-state index in [1.807, 2.05) is 18.3 Å². The molecule has 0 bridgehead atoms. The standard InChI is InChI=1S/C13H18ClN3S/c14-12-7-6-11(18-12)10-9-16-13(17-10)5-3-1-2-4-8-15/h6-7,9H,1-5,8,15H2,(H,16,17). The molecule has 0 aromatic carbocycles. The van der Waals surface area contributed by atoms with Crippen LogP contribution in [0, 0.1) is 0 Å². The number of H-pyrrole nitrogens is 1. The molecule has 2 rings (SSSR count). The van der Waals surface area contributed by atoms with Gasteiger partial charge in [-0.1, -0.05) is 24.4 Å². The maximum absolute atomic E-state index is 5.92. The SMILES string of the molecule is NCCCCCCc1ncc(-c2ccc(Cl)s2)[nH]1. The van der Waals surface area contributed by atoms with Gasteiger partial charge in [0.25, 0.3) is 0 Å². The minimum atomic E-state index is 0.796. The van der Waals surface area contributed by atoms with Crippen molar-refractivity contribution >= 4 is 22.9 Å². The fraction of sp³-hybridized carbons (Fsp3) is 0.462. The summed E-state index contributed by atoms with van der Waals surface area (Å²) in [5, 5.41) is 0. The zero-order valence-electron chi connectivity index (χ0n) is 10.3. The van der Waals surface area contributed by atoms with E-state index in [0.717, 1.165) is 46.5 Å². The number of aryl methyl sites for hydroxylation is 1. The Bertz CT molecular complexity index is 478. The van der Waals surface area contributed by atoms with Crippen LogP contribution >= 0.6 is 22.9 Å². The van der Waals surface area contributed by atoms with Crippen LogP contribution in [0.25, 0.3) is 10.6 Å². The smallest absolute Gasteiger partial charge is 0.106 e. The fourth-order valence-corrected chi connectivity index (χ4v) is 2.87. The summed E-state index contributed by atoms with van der Waals surface area (Å²) in [6.45, 7) is 0.796. The number of hydrogen-bond donors (Lipinski definition) is 2. The molecule has 3 N–H and O–H groups in total. The number of halogens is 1. The summed E-state index contributed by atoms with van der Waals surface area (Å²) in [5.74, 6) is 1.06. The average molecular weight is 284 g/mol. The monoisotopic (exact) mass is 283 g/mol. The molecule has 2 aromatic heterocycles. The molecule has 0 atom stereocenters. The van der Waals surface area contributed by atoms with E-state index in [9.17, 15) is 0 Å². The van der Waals surface area contributed by atoms with Crippen molar-refractivity contribution in [2.24, 2.45) is 5.73 Å². The highest BCUT2D eigenvalue weighted by molar-refractivity contribution is 7.19. The van der Waals surface area contributed by atoms with E-state index >= 15 is 0 Å². The highest BCUT2D eigenvalue weighted by Crippen LogP contribution is 2.29. The largest absolute Gasteiger partial charge is 0.341 e. The van der Waals surface area contributed by atoms with Crippen LogP contribution in [0.3, 0.4) is 0 Å². The van der Waals surface area contributed by atoms with Crippen LogP contribution < -0.4 is 5.73 Å². The lowest BCUT2D eigenvalue weighted by Crippen LogP contribution is -1.98. The van der Waals surface area contributed by atoms with Gasteiger partial charge in [-0.25, -0.2) is 4.98 Å². The van der Waals surface area contributed by atoms with Crippen LogP contribution in [0.4, 0.5) is 0 Å². The van der Waals surface area contributed by atoms with Crippen molar-refractivity contribution in [3.8, 4) is 10.6 Å². The molecule has 0 saturated carbocycles. The van der Waals surface area contributed by atoms with E-state index in [0.29, 0.717) is 0 Å². The number of aromatic amines is 1. The van der Waals surface area contributed by atoms with Gasteiger partial charge in [0.15, 0.2) is 0 Å². The molecule has 0 aliphatic rings. The van der Waals surface area contributed by atoms with Gasteiger partial charge in [0.2, 0.25) is 0 Å². The minimum absolute atomic E-state index is 0.796. The normalized spacial score (nSPS) is 11.0. The van der Waals surface area contributed by atoms with Crippen LogP contribution in [0.2, 0.25) is 4.34 Å². The second kappa shape index (κ2) is 6.92. The van der Waals surface area contributed by atoms with Crippen LogP contribution in [-0.4, -0.2) is 16.5 Å². The van der Waals surface area contributed by atoms with Gasteiger partial charge in [0, 0.05) is 6.42 Å². The zero-order valence-corrected chi connectivity index (χ0v) is 11.9. The fourth-order valence-electron chi connectivity index (χ4n) is 1.86. The number of nitrogens with one attached hydrogen (secondary N) is 1. The van der Waals surface area contributed by atoms with Gasteiger partial charge in [-0.2, -0.15) is 0 Å². The molecule has 18 heavy (non-hydrogen) atoms. The van der Waals surface area contributed by atoms with Gasteiger partial charge >= 0.3 is 0 Å². The summed E-state index contributed by atoms with van der Waals surface area (Å²) < 4.78 is 0.808. The molecular formula is C13H18ClN3S. The van der Waals surface area contributed by atoms with Crippen molar-refractivity contribution in [2.45, 2.75) is 32.1 Å². The minimum Gasteiger partial charge on any atom is -0.341 e. The highest BCUT2D eigenvalue weighted by Gasteiger charge is 2.05. The Labute approximate surface area is 116 Å².